The second kappa shape index (κ2) is 9.77. The maximum absolute atomic E-state index is 13.7. The van der Waals surface area contributed by atoms with Crippen molar-refractivity contribution in [1.82, 2.24) is 28.6 Å². The van der Waals surface area contributed by atoms with Crippen LogP contribution in [0.1, 0.15) is 5.56 Å². The van der Waals surface area contributed by atoms with E-state index < -0.39 is 11.2 Å². The second-order valence-electron chi connectivity index (χ2n) is 8.82. The molecule has 11 nitrogen and oxygen atoms in total. The molecule has 0 N–H and O–H groups in total. The highest BCUT2D eigenvalue weighted by molar-refractivity contribution is 7.22. The molecule has 1 aliphatic heterocycles. The van der Waals surface area contributed by atoms with Gasteiger partial charge in [0.15, 0.2) is 16.3 Å². The number of nitrogens with zero attached hydrogens (tertiary/aromatic N) is 7. The third kappa shape index (κ3) is 4.45. The third-order valence-electron chi connectivity index (χ3n) is 6.44. The Morgan fingerprint density at radius 3 is 2.69 bits per heavy atom. The molecule has 4 heterocycles. The van der Waals surface area contributed by atoms with Crippen molar-refractivity contribution in [3.63, 3.8) is 0 Å². The highest BCUT2D eigenvalue weighted by atomic mass is 35.5. The molecule has 0 saturated carbocycles. The molecule has 3 aromatic heterocycles. The van der Waals surface area contributed by atoms with Crippen LogP contribution in [0.5, 0.6) is 0 Å². The molecule has 1 fully saturated rings. The van der Waals surface area contributed by atoms with Crippen LogP contribution < -0.4 is 16.1 Å². The van der Waals surface area contributed by atoms with Crippen LogP contribution in [0.3, 0.4) is 0 Å². The summed E-state index contributed by atoms with van der Waals surface area (Å²) >= 11 is 7.66. The zero-order valence-electron chi connectivity index (χ0n) is 20.2. The molecule has 0 bridgehead atoms. The van der Waals surface area contributed by atoms with Crippen LogP contribution in [0.4, 0.5) is 5.13 Å². The van der Waals surface area contributed by atoms with Crippen molar-refractivity contribution < 1.29 is 9.53 Å². The minimum atomic E-state index is -0.497. The summed E-state index contributed by atoms with van der Waals surface area (Å²) in [4.78, 5) is 51.7. The quantitative estimate of drug-likeness (QED) is 0.370. The Kier molecular flexibility index (Phi) is 6.68. The Labute approximate surface area is 215 Å². The first-order valence-electron chi connectivity index (χ1n) is 11.5. The van der Waals surface area contributed by atoms with Crippen molar-refractivity contribution in [3.05, 3.63) is 49.9 Å². The number of anilines is 1. The van der Waals surface area contributed by atoms with E-state index in [2.05, 4.69) is 9.88 Å². The van der Waals surface area contributed by atoms with Gasteiger partial charge in [0.2, 0.25) is 5.91 Å². The van der Waals surface area contributed by atoms with E-state index in [0.717, 1.165) is 33.4 Å². The number of imidazole rings is 1. The summed E-state index contributed by atoms with van der Waals surface area (Å²) in [5.41, 5.74) is 1.21. The molecule has 0 aliphatic carbocycles. The van der Waals surface area contributed by atoms with Gasteiger partial charge in [-0.3, -0.25) is 28.5 Å². The van der Waals surface area contributed by atoms with Crippen molar-refractivity contribution >= 4 is 55.4 Å². The van der Waals surface area contributed by atoms with Crippen LogP contribution in [0.25, 0.3) is 21.4 Å². The van der Waals surface area contributed by atoms with E-state index >= 15 is 0 Å². The Hall–Kier alpha value is -3.06. The summed E-state index contributed by atoms with van der Waals surface area (Å²) < 4.78 is 10.2. The zero-order valence-corrected chi connectivity index (χ0v) is 21.8. The van der Waals surface area contributed by atoms with E-state index in [1.807, 2.05) is 19.1 Å². The molecule has 0 atom stereocenters. The van der Waals surface area contributed by atoms with Gasteiger partial charge < -0.3 is 9.30 Å². The molecular weight excluding hydrogens is 506 g/mol. The van der Waals surface area contributed by atoms with Gasteiger partial charge in [0, 0.05) is 45.3 Å². The predicted molar refractivity (Wildman–Crippen MR) is 139 cm³/mol. The Morgan fingerprint density at radius 2 is 1.94 bits per heavy atom. The molecular formula is C23H26ClN7O4S. The molecule has 190 valence electrons. The number of carbonyl (C=O) groups excluding carboxylic acids is 1. The van der Waals surface area contributed by atoms with Gasteiger partial charge >= 0.3 is 5.69 Å². The lowest BCUT2D eigenvalue weighted by Crippen LogP contribution is -2.44. The third-order valence-corrected chi connectivity index (χ3v) is 7.68. The number of benzene rings is 1. The first-order chi connectivity index (χ1) is 17.2. The number of amides is 1. The number of hydrogen-bond donors (Lipinski definition) is 0. The minimum absolute atomic E-state index is 0.122. The van der Waals surface area contributed by atoms with E-state index in [4.69, 9.17) is 21.3 Å². The van der Waals surface area contributed by atoms with E-state index in [-0.39, 0.29) is 23.6 Å². The van der Waals surface area contributed by atoms with Crippen molar-refractivity contribution in [2.24, 2.45) is 14.1 Å². The normalized spacial score (nSPS) is 14.7. The van der Waals surface area contributed by atoms with Crippen molar-refractivity contribution in [2.45, 2.75) is 13.5 Å². The van der Waals surface area contributed by atoms with E-state index in [9.17, 15) is 14.4 Å². The fraction of sp³-hybridized carbons (Fsp3) is 0.435. The lowest BCUT2D eigenvalue weighted by Gasteiger charge is -2.29. The van der Waals surface area contributed by atoms with Gasteiger partial charge in [-0.15, -0.1) is 0 Å². The topological polar surface area (TPSA) is 107 Å². The molecule has 1 aliphatic rings. The molecule has 5 rings (SSSR count). The minimum Gasteiger partial charge on any atom is -0.379 e. The highest BCUT2D eigenvalue weighted by Crippen LogP contribution is 2.33. The highest BCUT2D eigenvalue weighted by Gasteiger charge is 2.24. The zero-order chi connectivity index (χ0) is 25.6. The van der Waals surface area contributed by atoms with Gasteiger partial charge in [-0.25, -0.2) is 14.8 Å². The van der Waals surface area contributed by atoms with Crippen molar-refractivity contribution in [2.75, 3.05) is 44.3 Å². The molecule has 36 heavy (non-hydrogen) atoms. The largest absolute Gasteiger partial charge is 0.379 e. The molecule has 13 heteroatoms. The van der Waals surface area contributed by atoms with Gasteiger partial charge in [-0.1, -0.05) is 22.9 Å². The van der Waals surface area contributed by atoms with Gasteiger partial charge in [-0.05, 0) is 24.6 Å². The number of fused-ring (bicyclic) bond motifs is 2. The number of aromatic nitrogens is 5. The van der Waals surface area contributed by atoms with Crippen LogP contribution >= 0.6 is 22.9 Å². The maximum Gasteiger partial charge on any atom is 0.332 e. The molecule has 0 unspecified atom stereocenters. The Bertz CT molecular complexity index is 1580. The number of rotatable bonds is 6. The van der Waals surface area contributed by atoms with Gasteiger partial charge in [0.1, 0.15) is 6.54 Å². The number of carbonyl (C=O) groups is 1. The van der Waals surface area contributed by atoms with E-state index in [0.29, 0.717) is 36.5 Å². The Morgan fingerprint density at radius 1 is 1.19 bits per heavy atom. The van der Waals surface area contributed by atoms with Gasteiger partial charge in [0.05, 0.1) is 29.8 Å². The average molecular weight is 532 g/mol. The first-order valence-corrected chi connectivity index (χ1v) is 12.7. The van der Waals surface area contributed by atoms with Crippen molar-refractivity contribution in [3.8, 4) is 0 Å². The predicted octanol–water partition coefficient (Wildman–Crippen LogP) is 1.37. The van der Waals surface area contributed by atoms with E-state index in [1.165, 1.54) is 33.8 Å². The summed E-state index contributed by atoms with van der Waals surface area (Å²) in [5, 5.41) is 1.19. The van der Waals surface area contributed by atoms with Crippen molar-refractivity contribution in [1.29, 1.82) is 0 Å². The lowest BCUT2D eigenvalue weighted by atomic mass is 10.2. The number of hydrogen-bond acceptors (Lipinski definition) is 8. The average Bonchev–Trinajstić information content (AvgIpc) is 3.47. The molecule has 0 spiro atoms. The molecule has 4 aromatic rings. The smallest absolute Gasteiger partial charge is 0.332 e. The lowest BCUT2D eigenvalue weighted by molar-refractivity contribution is -0.119. The molecule has 1 amide bonds. The van der Waals surface area contributed by atoms with Crippen LogP contribution in [0.2, 0.25) is 5.02 Å². The number of halogens is 1. The standard InChI is InChI=1S/C23H26ClN7O4S/c1-14-10-15(24)11-16-18(14)26-22(36-16)31(5-4-29-6-8-35-9-7-29)17(32)12-30-13-25-20-19(30)21(33)28(3)23(34)27(20)2/h10-11,13H,4-9,12H2,1-3H3. The summed E-state index contributed by atoms with van der Waals surface area (Å²) in [5.74, 6) is -0.235. The van der Waals surface area contributed by atoms with Gasteiger partial charge in [-0.2, -0.15) is 0 Å². The van der Waals surface area contributed by atoms with Crippen LogP contribution in [-0.2, 0) is 30.2 Å². The number of thiazole rings is 1. The van der Waals surface area contributed by atoms with Crippen LogP contribution in [-0.4, -0.2) is 73.9 Å². The maximum atomic E-state index is 13.7. The number of aryl methyl sites for hydroxylation is 2. The van der Waals surface area contributed by atoms with E-state index in [1.54, 1.807) is 11.9 Å². The fourth-order valence-electron chi connectivity index (χ4n) is 4.40. The summed E-state index contributed by atoms with van der Waals surface area (Å²) in [6.45, 7) is 5.82. The van der Waals surface area contributed by atoms with Crippen LogP contribution in [0.15, 0.2) is 28.0 Å². The Balaban J connectivity index is 1.50. The molecule has 1 aromatic carbocycles. The fourth-order valence-corrected chi connectivity index (χ4v) is 5.86. The summed E-state index contributed by atoms with van der Waals surface area (Å²) in [6, 6.07) is 3.70. The number of morpholine rings is 1. The first kappa shape index (κ1) is 24.6. The summed E-state index contributed by atoms with van der Waals surface area (Å²) in [7, 11) is 2.96. The van der Waals surface area contributed by atoms with Crippen LogP contribution in [0, 0.1) is 6.92 Å². The second-order valence-corrected chi connectivity index (χ2v) is 10.3. The SMILES string of the molecule is Cc1cc(Cl)cc2sc(N(CCN3CCOCC3)C(=O)Cn3cnc4c3c(=O)n(C)c(=O)n4C)nc12. The molecule has 0 radical (unpaired) electrons. The molecule has 1 saturated heterocycles. The summed E-state index contributed by atoms with van der Waals surface area (Å²) in [6.07, 6.45) is 1.42. The van der Waals surface area contributed by atoms with Gasteiger partial charge in [0.25, 0.3) is 5.56 Å². The monoisotopic (exact) mass is 531 g/mol. The number of ether oxygens (including phenoxy) is 1.